The van der Waals surface area contributed by atoms with Crippen LogP contribution in [0.25, 0.3) is 10.9 Å². The Morgan fingerprint density at radius 2 is 1.84 bits per heavy atom. The summed E-state index contributed by atoms with van der Waals surface area (Å²) in [6.45, 7) is 0.385. The molecule has 3 aromatic rings. The Kier molecular flexibility index (Phi) is 10.1. The molecule has 0 radical (unpaired) electrons. The van der Waals surface area contributed by atoms with E-state index in [1.807, 2.05) is 12.1 Å². The second-order valence-electron chi connectivity index (χ2n) is 11.4. The third-order valence-electron chi connectivity index (χ3n) is 7.86. The zero-order chi connectivity index (χ0) is 30.9. The summed E-state index contributed by atoms with van der Waals surface area (Å²) in [6.07, 6.45) is 11.5. The fourth-order valence-corrected chi connectivity index (χ4v) is 4.91. The molecule has 0 unspecified atom stereocenters. The average Bonchev–Trinajstić information content (AvgIpc) is 3.81. The summed E-state index contributed by atoms with van der Waals surface area (Å²) in [7, 11) is 0. The Morgan fingerprint density at radius 3 is 2.61 bits per heavy atom. The topological polar surface area (TPSA) is 164 Å². The predicted molar refractivity (Wildman–Crippen MR) is 165 cm³/mol. The molecule has 0 saturated heterocycles. The van der Waals surface area contributed by atoms with Crippen LogP contribution in [0.1, 0.15) is 61.9 Å². The molecule has 12 nitrogen and oxygen atoms in total. The Balaban J connectivity index is 1.24. The van der Waals surface area contributed by atoms with E-state index < -0.39 is 23.4 Å². The second kappa shape index (κ2) is 14.5. The van der Waals surface area contributed by atoms with Crippen LogP contribution < -0.4 is 26.8 Å². The number of fused-ring (bicyclic) bond motifs is 1. The molecular weight excluding hydrogens is 562 g/mol. The van der Waals surface area contributed by atoms with Gasteiger partial charge in [0.15, 0.2) is 5.69 Å². The van der Waals surface area contributed by atoms with Gasteiger partial charge in [-0.25, -0.2) is 0 Å². The number of nitrogens with one attached hydrogen (secondary N) is 4. The highest BCUT2D eigenvalue weighted by atomic mass is 16.2. The van der Waals surface area contributed by atoms with Crippen molar-refractivity contribution < 1.29 is 19.2 Å². The number of benzene rings is 1. The number of amides is 4. The molecule has 2 fully saturated rings. The maximum atomic E-state index is 13.4. The lowest BCUT2D eigenvalue weighted by Gasteiger charge is -2.25. The average molecular weight is 600 g/mol. The minimum atomic E-state index is -1.06. The molecule has 2 saturated carbocycles. The molecule has 2 aromatic heterocycles. The van der Waals surface area contributed by atoms with E-state index in [0.29, 0.717) is 24.4 Å². The van der Waals surface area contributed by atoms with Gasteiger partial charge < -0.3 is 25.8 Å². The first-order valence-corrected chi connectivity index (χ1v) is 15.1. The number of allylic oxidation sites excluding steroid dienone is 1. The number of carbonyl (C=O) groups is 4. The van der Waals surface area contributed by atoms with Gasteiger partial charge in [0, 0.05) is 24.2 Å². The normalized spacial score (nSPS) is 15.4. The van der Waals surface area contributed by atoms with Gasteiger partial charge in [0.05, 0.1) is 5.52 Å². The Hall–Kier alpha value is -4.87. The summed E-state index contributed by atoms with van der Waals surface area (Å²) in [5, 5.41) is 19.8. The molecule has 4 N–H and O–H groups in total. The van der Waals surface area contributed by atoms with E-state index in [2.05, 4.69) is 31.5 Å². The van der Waals surface area contributed by atoms with Crippen molar-refractivity contribution in [3.05, 3.63) is 76.9 Å². The number of hydrogen-bond donors (Lipinski definition) is 4. The molecule has 5 rings (SSSR count). The first kappa shape index (κ1) is 30.6. The fourth-order valence-electron chi connectivity index (χ4n) is 4.91. The first-order valence-electron chi connectivity index (χ1n) is 15.1. The standard InChI is InChI=1S/C32H37N7O5/c40-28(34-23-14-15-23)13-4-3-11-25(35-31(43)27-19-22-9-1-2-10-24(22)37-38-27)30(42)36-26-12-6-18-39(32(26)44)20-29(41)33-17-16-21-7-5-8-21/h1-2,4,6,9-10,12-13,18-19,21,23,25H,3,5,7-8,11,14-17,20H2,(H,33,41)(H,34,40)(H,35,43)(H,36,42)/b13-4+/t25-/m0/s1. The summed E-state index contributed by atoms with van der Waals surface area (Å²) >= 11 is 0. The molecule has 2 heterocycles. The zero-order valence-corrected chi connectivity index (χ0v) is 24.5. The zero-order valence-electron chi connectivity index (χ0n) is 24.5. The van der Waals surface area contributed by atoms with E-state index in [1.165, 1.54) is 42.2 Å². The van der Waals surface area contributed by atoms with Crippen LogP contribution in [0.15, 0.2) is 65.6 Å². The number of anilines is 1. The van der Waals surface area contributed by atoms with E-state index in [-0.39, 0.29) is 42.2 Å². The largest absolute Gasteiger partial charge is 0.355 e. The lowest BCUT2D eigenvalue weighted by molar-refractivity contribution is -0.122. The minimum Gasteiger partial charge on any atom is -0.355 e. The smallest absolute Gasteiger partial charge is 0.274 e. The maximum Gasteiger partial charge on any atom is 0.274 e. The SMILES string of the molecule is O=C(/C=C/CC[C@H](NC(=O)c1cc2ccccc2nn1)C(=O)Nc1cccn(CC(=O)NCCC2CCC2)c1=O)NC1CC1. The third kappa shape index (κ3) is 8.59. The van der Waals surface area contributed by atoms with Crippen LogP contribution in [0.3, 0.4) is 0 Å². The van der Waals surface area contributed by atoms with Gasteiger partial charge in [-0.05, 0) is 68.4 Å². The molecule has 0 aliphatic heterocycles. The summed E-state index contributed by atoms with van der Waals surface area (Å²) in [5.41, 5.74) is 0.0903. The quantitative estimate of drug-likeness (QED) is 0.207. The molecule has 0 bridgehead atoms. The van der Waals surface area contributed by atoms with Crippen LogP contribution in [0.2, 0.25) is 0 Å². The van der Waals surface area contributed by atoms with Crippen molar-refractivity contribution in [1.29, 1.82) is 0 Å². The molecule has 0 spiro atoms. The Labute approximate surface area is 254 Å². The van der Waals surface area contributed by atoms with Gasteiger partial charge in [-0.2, -0.15) is 0 Å². The van der Waals surface area contributed by atoms with E-state index >= 15 is 0 Å². The lowest BCUT2D eigenvalue weighted by Crippen LogP contribution is -2.45. The first-order chi connectivity index (χ1) is 21.4. The van der Waals surface area contributed by atoms with E-state index in [4.69, 9.17) is 0 Å². The van der Waals surface area contributed by atoms with E-state index in [9.17, 15) is 24.0 Å². The number of carbonyl (C=O) groups excluding carboxylic acids is 4. The van der Waals surface area contributed by atoms with Crippen molar-refractivity contribution in [2.24, 2.45) is 5.92 Å². The Bertz CT molecular complexity index is 1610. The van der Waals surface area contributed by atoms with Crippen molar-refractivity contribution in [1.82, 2.24) is 30.7 Å². The van der Waals surface area contributed by atoms with Gasteiger partial charge in [0.1, 0.15) is 18.3 Å². The highest BCUT2D eigenvalue weighted by molar-refractivity contribution is 6.01. The number of nitrogens with zero attached hydrogens (tertiary/aromatic N) is 3. The molecule has 1 aromatic carbocycles. The summed E-state index contributed by atoms with van der Waals surface area (Å²) in [6, 6.07) is 11.0. The van der Waals surface area contributed by atoms with Gasteiger partial charge >= 0.3 is 0 Å². The van der Waals surface area contributed by atoms with Crippen LogP contribution in [-0.4, -0.2) is 57.0 Å². The number of hydrogen-bond acceptors (Lipinski definition) is 7. The number of rotatable bonds is 14. The number of pyridine rings is 1. The second-order valence-corrected chi connectivity index (χ2v) is 11.4. The summed E-state index contributed by atoms with van der Waals surface area (Å²) < 4.78 is 1.23. The molecule has 230 valence electrons. The van der Waals surface area contributed by atoms with Crippen LogP contribution in [0.5, 0.6) is 0 Å². The summed E-state index contributed by atoms with van der Waals surface area (Å²) in [4.78, 5) is 64.1. The molecule has 44 heavy (non-hydrogen) atoms. The highest BCUT2D eigenvalue weighted by Crippen LogP contribution is 2.28. The highest BCUT2D eigenvalue weighted by Gasteiger charge is 2.24. The van der Waals surface area contributed by atoms with Crippen molar-refractivity contribution >= 4 is 40.2 Å². The summed E-state index contributed by atoms with van der Waals surface area (Å²) in [5.74, 6) is -1.06. The van der Waals surface area contributed by atoms with Crippen LogP contribution >= 0.6 is 0 Å². The molecule has 2 aliphatic rings. The van der Waals surface area contributed by atoms with Crippen molar-refractivity contribution in [3.8, 4) is 0 Å². The van der Waals surface area contributed by atoms with Crippen LogP contribution in [-0.2, 0) is 20.9 Å². The van der Waals surface area contributed by atoms with Crippen molar-refractivity contribution in [2.75, 3.05) is 11.9 Å². The monoisotopic (exact) mass is 599 g/mol. The van der Waals surface area contributed by atoms with Gasteiger partial charge in [-0.15, -0.1) is 10.2 Å². The van der Waals surface area contributed by atoms with Gasteiger partial charge in [-0.3, -0.25) is 24.0 Å². The Morgan fingerprint density at radius 1 is 1.02 bits per heavy atom. The van der Waals surface area contributed by atoms with E-state index in [0.717, 1.165) is 24.6 Å². The molecule has 1 atom stereocenters. The molecular formula is C32H37N7O5. The van der Waals surface area contributed by atoms with Crippen LogP contribution in [0, 0.1) is 5.92 Å². The fraction of sp³-hybridized carbons (Fsp3) is 0.406. The van der Waals surface area contributed by atoms with Gasteiger partial charge in [-0.1, -0.05) is 43.5 Å². The molecule has 12 heteroatoms. The van der Waals surface area contributed by atoms with Crippen molar-refractivity contribution in [2.45, 2.75) is 70.0 Å². The van der Waals surface area contributed by atoms with Crippen LogP contribution in [0.4, 0.5) is 5.69 Å². The predicted octanol–water partition coefficient (Wildman–Crippen LogP) is 2.45. The lowest BCUT2D eigenvalue weighted by atomic mass is 9.83. The maximum absolute atomic E-state index is 13.4. The number of aromatic nitrogens is 3. The van der Waals surface area contributed by atoms with Crippen molar-refractivity contribution in [3.63, 3.8) is 0 Å². The minimum absolute atomic E-state index is 0.0242. The molecule has 2 aliphatic carbocycles. The van der Waals surface area contributed by atoms with Gasteiger partial charge in [0.2, 0.25) is 17.7 Å². The van der Waals surface area contributed by atoms with Gasteiger partial charge in [0.25, 0.3) is 11.5 Å². The third-order valence-corrected chi connectivity index (χ3v) is 7.86. The van der Waals surface area contributed by atoms with E-state index in [1.54, 1.807) is 30.3 Å². The molecule has 4 amide bonds.